The highest BCUT2D eigenvalue weighted by Crippen LogP contribution is 2.24. The lowest BCUT2D eigenvalue weighted by Gasteiger charge is -2.24. The van der Waals surface area contributed by atoms with Crippen LogP contribution in [0.4, 0.5) is 5.82 Å². The Bertz CT molecular complexity index is 746. The Morgan fingerprint density at radius 2 is 1.92 bits per heavy atom. The van der Waals surface area contributed by atoms with Crippen molar-refractivity contribution in [1.29, 1.82) is 5.26 Å². The summed E-state index contributed by atoms with van der Waals surface area (Å²) in [5, 5.41) is 15.2. The zero-order valence-electron chi connectivity index (χ0n) is 14.8. The molecule has 5 nitrogen and oxygen atoms in total. The van der Waals surface area contributed by atoms with E-state index >= 15 is 0 Å². The van der Waals surface area contributed by atoms with E-state index < -0.39 is 6.04 Å². The van der Waals surface area contributed by atoms with E-state index in [-0.39, 0.29) is 5.91 Å². The molecular weight excluding hydrogens is 324 g/mol. The van der Waals surface area contributed by atoms with Crippen LogP contribution in [-0.4, -0.2) is 17.4 Å². The van der Waals surface area contributed by atoms with Crippen molar-refractivity contribution in [2.75, 3.05) is 11.9 Å². The number of anilines is 1. The normalized spacial score (nSPS) is 15.7. The quantitative estimate of drug-likeness (QED) is 0.832. The Balaban J connectivity index is 1.70. The van der Waals surface area contributed by atoms with Gasteiger partial charge in [0.25, 0.3) is 0 Å². The van der Waals surface area contributed by atoms with Crippen LogP contribution < -0.4 is 10.6 Å². The van der Waals surface area contributed by atoms with Crippen molar-refractivity contribution in [2.24, 2.45) is 5.92 Å². The number of amides is 1. The highest BCUT2D eigenvalue weighted by Gasteiger charge is 2.22. The third-order valence-corrected chi connectivity index (χ3v) is 4.87. The minimum atomic E-state index is -0.514. The van der Waals surface area contributed by atoms with Gasteiger partial charge >= 0.3 is 0 Å². The molecule has 1 atom stereocenters. The zero-order chi connectivity index (χ0) is 18.2. The molecule has 1 amide bonds. The van der Waals surface area contributed by atoms with Crippen molar-refractivity contribution in [3.63, 3.8) is 0 Å². The number of pyridine rings is 1. The molecule has 3 rings (SSSR count). The number of hydrogen-bond donors (Lipinski definition) is 2. The predicted molar refractivity (Wildman–Crippen MR) is 101 cm³/mol. The molecule has 26 heavy (non-hydrogen) atoms. The lowest BCUT2D eigenvalue weighted by atomic mass is 9.89. The van der Waals surface area contributed by atoms with E-state index in [1.54, 1.807) is 12.1 Å². The zero-order valence-corrected chi connectivity index (χ0v) is 14.8. The highest BCUT2D eigenvalue weighted by molar-refractivity contribution is 5.85. The van der Waals surface area contributed by atoms with Crippen LogP contribution in [0.3, 0.4) is 0 Å². The molecule has 1 aromatic heterocycles. The number of nitriles is 1. The topological polar surface area (TPSA) is 77.8 Å². The molecule has 0 bridgehead atoms. The monoisotopic (exact) mass is 348 g/mol. The van der Waals surface area contributed by atoms with Crippen molar-refractivity contribution in [1.82, 2.24) is 10.3 Å². The minimum absolute atomic E-state index is 0.0482. The first-order valence-electron chi connectivity index (χ1n) is 9.21. The fourth-order valence-electron chi connectivity index (χ4n) is 3.38. The van der Waals surface area contributed by atoms with Crippen LogP contribution in [0.1, 0.15) is 49.3 Å². The smallest absolute Gasteiger partial charge is 0.247 e. The van der Waals surface area contributed by atoms with E-state index in [0.29, 0.717) is 17.3 Å². The molecule has 1 unspecified atom stereocenters. The Kier molecular flexibility index (Phi) is 6.21. The van der Waals surface area contributed by atoms with E-state index in [4.69, 9.17) is 5.26 Å². The van der Waals surface area contributed by atoms with Gasteiger partial charge in [0.15, 0.2) is 0 Å². The first-order chi connectivity index (χ1) is 12.8. The summed E-state index contributed by atoms with van der Waals surface area (Å²) >= 11 is 0. The van der Waals surface area contributed by atoms with Gasteiger partial charge in [-0.1, -0.05) is 49.6 Å². The molecule has 0 saturated heterocycles. The van der Waals surface area contributed by atoms with Gasteiger partial charge in [0.1, 0.15) is 17.9 Å². The number of nitrogens with one attached hydrogen (secondary N) is 2. The van der Waals surface area contributed by atoms with Gasteiger partial charge in [-0.15, -0.1) is 0 Å². The third-order valence-electron chi connectivity index (χ3n) is 4.87. The predicted octanol–water partition coefficient (Wildman–Crippen LogP) is 3.80. The third kappa shape index (κ3) is 4.82. The molecule has 1 heterocycles. The van der Waals surface area contributed by atoms with Gasteiger partial charge in [-0.2, -0.15) is 5.26 Å². The second-order valence-electron chi connectivity index (χ2n) is 6.78. The Morgan fingerprint density at radius 1 is 1.15 bits per heavy atom. The molecule has 1 fully saturated rings. The molecule has 2 aromatic rings. The number of carbonyl (C=O) groups is 1. The molecule has 0 radical (unpaired) electrons. The van der Waals surface area contributed by atoms with E-state index in [1.807, 2.05) is 36.4 Å². The molecule has 0 spiro atoms. The molecule has 1 saturated carbocycles. The highest BCUT2D eigenvalue weighted by atomic mass is 16.2. The van der Waals surface area contributed by atoms with Crippen molar-refractivity contribution in [3.8, 4) is 6.07 Å². The largest absolute Gasteiger partial charge is 0.355 e. The summed E-state index contributed by atoms with van der Waals surface area (Å²) in [6.07, 6.45) is 7.72. The lowest BCUT2D eigenvalue weighted by Crippen LogP contribution is -2.37. The summed E-state index contributed by atoms with van der Waals surface area (Å²) < 4.78 is 0. The average Bonchev–Trinajstić information content (AvgIpc) is 2.72. The van der Waals surface area contributed by atoms with Crippen LogP contribution >= 0.6 is 0 Å². The van der Waals surface area contributed by atoms with Crippen LogP contribution in [0.2, 0.25) is 0 Å². The number of benzene rings is 1. The van der Waals surface area contributed by atoms with Crippen LogP contribution in [0.25, 0.3) is 0 Å². The summed E-state index contributed by atoms with van der Waals surface area (Å²) in [7, 11) is 0. The summed E-state index contributed by atoms with van der Waals surface area (Å²) in [4.78, 5) is 17.1. The maximum atomic E-state index is 12.9. The molecule has 5 heteroatoms. The number of aromatic nitrogens is 1. The van der Waals surface area contributed by atoms with Gasteiger partial charge in [0.2, 0.25) is 5.91 Å². The van der Waals surface area contributed by atoms with Crippen LogP contribution in [0, 0.1) is 17.2 Å². The first-order valence-corrected chi connectivity index (χ1v) is 9.21. The van der Waals surface area contributed by atoms with E-state index in [1.165, 1.54) is 38.3 Å². The fraction of sp³-hybridized carbons (Fsp3) is 0.381. The molecule has 0 aliphatic heterocycles. The summed E-state index contributed by atoms with van der Waals surface area (Å²) in [6.45, 7) is 0.727. The molecule has 134 valence electrons. The number of nitrogens with zero attached hydrogens (tertiary/aromatic N) is 2. The van der Waals surface area contributed by atoms with Crippen LogP contribution in [0.5, 0.6) is 0 Å². The van der Waals surface area contributed by atoms with Gasteiger partial charge in [0.05, 0.1) is 5.56 Å². The van der Waals surface area contributed by atoms with Gasteiger partial charge in [-0.25, -0.2) is 4.98 Å². The summed E-state index contributed by atoms with van der Waals surface area (Å²) in [6, 6.07) is 14.6. The summed E-state index contributed by atoms with van der Waals surface area (Å²) in [5.74, 6) is 1.11. The summed E-state index contributed by atoms with van der Waals surface area (Å²) in [5.41, 5.74) is 1.38. The first kappa shape index (κ1) is 17.9. The number of carbonyl (C=O) groups excluding carboxylic acids is 1. The average molecular weight is 348 g/mol. The molecule has 1 aromatic carbocycles. The second-order valence-corrected chi connectivity index (χ2v) is 6.78. The lowest BCUT2D eigenvalue weighted by molar-refractivity contribution is -0.122. The van der Waals surface area contributed by atoms with E-state index in [0.717, 1.165) is 12.1 Å². The minimum Gasteiger partial charge on any atom is -0.355 e. The van der Waals surface area contributed by atoms with E-state index in [2.05, 4.69) is 15.6 Å². The van der Waals surface area contributed by atoms with Gasteiger partial charge in [-0.05, 0) is 36.5 Å². The van der Waals surface area contributed by atoms with Crippen molar-refractivity contribution in [2.45, 2.75) is 38.1 Å². The molecule has 1 aliphatic carbocycles. The fourth-order valence-corrected chi connectivity index (χ4v) is 3.38. The van der Waals surface area contributed by atoms with Crippen LogP contribution in [0.15, 0.2) is 48.7 Å². The van der Waals surface area contributed by atoms with Crippen LogP contribution in [-0.2, 0) is 4.79 Å². The molecule has 2 N–H and O–H groups in total. The second kappa shape index (κ2) is 9.00. The van der Waals surface area contributed by atoms with Gasteiger partial charge in [0, 0.05) is 12.7 Å². The SMILES string of the molecule is N#Cc1ccc(NC(C(=O)NCC2CCCCC2)c2ccccc2)nc1. The van der Waals surface area contributed by atoms with Gasteiger partial charge in [-0.3, -0.25) is 4.79 Å². The number of rotatable bonds is 6. The maximum Gasteiger partial charge on any atom is 0.247 e. The Hall–Kier alpha value is -2.87. The number of hydrogen-bond acceptors (Lipinski definition) is 4. The maximum absolute atomic E-state index is 12.9. The van der Waals surface area contributed by atoms with Crippen molar-refractivity contribution >= 4 is 11.7 Å². The molecular formula is C21H24N4O. The van der Waals surface area contributed by atoms with Crippen molar-refractivity contribution in [3.05, 3.63) is 59.8 Å². The Labute approximate surface area is 154 Å². The standard InChI is InChI=1S/C21H24N4O/c22-13-17-11-12-19(23-15-17)25-20(18-9-5-2-6-10-18)21(26)24-14-16-7-3-1-4-8-16/h2,5-6,9-12,15-16,20H,1,3-4,7-8,14H2,(H,23,25)(H,24,26). The molecule has 1 aliphatic rings. The van der Waals surface area contributed by atoms with Crippen molar-refractivity contribution < 1.29 is 4.79 Å². The van der Waals surface area contributed by atoms with Gasteiger partial charge < -0.3 is 10.6 Å². The Morgan fingerprint density at radius 3 is 2.58 bits per heavy atom. The van der Waals surface area contributed by atoms with E-state index in [9.17, 15) is 4.79 Å².